The molecular formula is C54H32N2O2. The molecule has 0 bridgehead atoms. The maximum Gasteiger partial charge on any atom is 0.143 e. The van der Waals surface area contributed by atoms with Crippen molar-refractivity contribution >= 4 is 65.4 Å². The molecular weight excluding hydrogens is 709 g/mol. The van der Waals surface area contributed by atoms with Gasteiger partial charge in [0, 0.05) is 45.1 Å². The van der Waals surface area contributed by atoms with Crippen molar-refractivity contribution in [3.63, 3.8) is 0 Å². The average Bonchev–Trinajstić information content (AvgIpc) is 3.87. The lowest BCUT2D eigenvalue weighted by Gasteiger charge is -2.14. The second kappa shape index (κ2) is 12.9. The number of fused-ring (bicyclic) bond motifs is 8. The Hall–Kier alpha value is -7.82. The van der Waals surface area contributed by atoms with Gasteiger partial charge in [0.25, 0.3) is 0 Å². The highest BCUT2D eigenvalue weighted by molar-refractivity contribution is 6.15. The van der Waals surface area contributed by atoms with Gasteiger partial charge in [0.2, 0.25) is 0 Å². The summed E-state index contributed by atoms with van der Waals surface area (Å²) in [5.74, 6) is 0. The van der Waals surface area contributed by atoms with Crippen molar-refractivity contribution in [3.05, 3.63) is 194 Å². The van der Waals surface area contributed by atoms with Crippen LogP contribution in [0.3, 0.4) is 0 Å². The standard InChI is InChI=1S/C54H32N2O2/c1-3-13-39-37(11-1)35(23-25-41(39)45-17-9-19-47-43-15-5-7-21-51(43)57-53(45)47)33-27-29-55-49(31-33)50-32-34(28-30-56-50)36-24-26-42(40-14-4-2-12-38(36)40)46-18-10-20-48-44-16-6-8-22-52(44)58-54(46)48/h1-32H. The van der Waals surface area contributed by atoms with Gasteiger partial charge in [0.1, 0.15) is 22.3 Å². The highest BCUT2D eigenvalue weighted by atomic mass is 16.3. The second-order valence-electron chi connectivity index (χ2n) is 14.8. The first-order chi connectivity index (χ1) is 28.8. The van der Waals surface area contributed by atoms with Gasteiger partial charge in [0.05, 0.1) is 11.4 Å². The molecule has 0 N–H and O–H groups in total. The van der Waals surface area contributed by atoms with Gasteiger partial charge in [-0.25, -0.2) is 0 Å². The summed E-state index contributed by atoms with van der Waals surface area (Å²) >= 11 is 0. The van der Waals surface area contributed by atoms with E-state index in [1.165, 1.54) is 10.8 Å². The van der Waals surface area contributed by atoms with Gasteiger partial charge in [0.15, 0.2) is 0 Å². The van der Waals surface area contributed by atoms with Crippen molar-refractivity contribution in [1.82, 2.24) is 9.97 Å². The molecule has 12 rings (SSSR count). The zero-order valence-corrected chi connectivity index (χ0v) is 31.2. The molecule has 8 aromatic carbocycles. The Morgan fingerprint density at radius 3 is 1.09 bits per heavy atom. The summed E-state index contributed by atoms with van der Waals surface area (Å²) in [6.45, 7) is 0. The molecule has 4 aromatic heterocycles. The number of benzene rings is 8. The Bertz CT molecular complexity index is 3350. The molecule has 0 spiro atoms. The molecule has 4 heteroatoms. The summed E-state index contributed by atoms with van der Waals surface area (Å²) in [5.41, 5.74) is 14.1. The zero-order valence-electron chi connectivity index (χ0n) is 31.2. The van der Waals surface area contributed by atoms with Crippen LogP contribution in [-0.2, 0) is 0 Å². The fourth-order valence-corrected chi connectivity index (χ4v) is 8.97. The first kappa shape index (κ1) is 32.4. The molecule has 0 saturated heterocycles. The normalized spacial score (nSPS) is 11.8. The fourth-order valence-electron chi connectivity index (χ4n) is 8.97. The van der Waals surface area contributed by atoms with E-state index in [9.17, 15) is 0 Å². The third kappa shape index (κ3) is 5.02. The fraction of sp³-hybridized carbons (Fsp3) is 0. The SMILES string of the molecule is c1ccc2c(c1)oc1c(-c3ccc(-c4ccnc(-c5cc(-c6ccc(-c7cccc8c7oc7ccccc78)c7ccccc67)ccn5)c4)c4ccccc34)cccc12. The van der Waals surface area contributed by atoms with Crippen LogP contribution < -0.4 is 0 Å². The molecule has 0 unspecified atom stereocenters. The number of rotatable bonds is 5. The van der Waals surface area contributed by atoms with Gasteiger partial charge in [-0.15, -0.1) is 0 Å². The summed E-state index contributed by atoms with van der Waals surface area (Å²) < 4.78 is 12.9. The van der Waals surface area contributed by atoms with E-state index in [4.69, 9.17) is 18.8 Å². The Morgan fingerprint density at radius 2 is 0.638 bits per heavy atom. The van der Waals surface area contributed by atoms with Crippen LogP contribution in [0.25, 0.3) is 121 Å². The first-order valence-corrected chi connectivity index (χ1v) is 19.5. The first-order valence-electron chi connectivity index (χ1n) is 19.5. The summed E-state index contributed by atoms with van der Waals surface area (Å²) in [6.07, 6.45) is 3.78. The lowest BCUT2D eigenvalue weighted by atomic mass is 9.91. The van der Waals surface area contributed by atoms with Crippen LogP contribution in [0.1, 0.15) is 0 Å². The van der Waals surface area contributed by atoms with Gasteiger partial charge in [-0.1, -0.05) is 146 Å². The number of furan rings is 2. The van der Waals surface area contributed by atoms with Crippen molar-refractivity contribution in [2.45, 2.75) is 0 Å². The van der Waals surface area contributed by atoms with Crippen LogP contribution in [0.15, 0.2) is 203 Å². The number of nitrogens with zero attached hydrogens (tertiary/aromatic N) is 2. The maximum atomic E-state index is 6.46. The van der Waals surface area contributed by atoms with Gasteiger partial charge in [-0.3, -0.25) is 9.97 Å². The molecule has 0 aliphatic rings. The van der Waals surface area contributed by atoms with Crippen molar-refractivity contribution in [2.75, 3.05) is 0 Å². The quantitative estimate of drug-likeness (QED) is 0.176. The lowest BCUT2D eigenvalue weighted by molar-refractivity contribution is 0.669. The minimum Gasteiger partial charge on any atom is -0.455 e. The van der Waals surface area contributed by atoms with E-state index in [0.717, 1.165) is 111 Å². The number of para-hydroxylation sites is 4. The van der Waals surface area contributed by atoms with Crippen LogP contribution in [0.4, 0.5) is 0 Å². The lowest BCUT2D eigenvalue weighted by Crippen LogP contribution is -1.92. The van der Waals surface area contributed by atoms with Crippen LogP contribution in [0.2, 0.25) is 0 Å². The predicted molar refractivity (Wildman–Crippen MR) is 239 cm³/mol. The average molecular weight is 741 g/mol. The van der Waals surface area contributed by atoms with Crippen LogP contribution >= 0.6 is 0 Å². The topological polar surface area (TPSA) is 52.1 Å². The van der Waals surface area contributed by atoms with E-state index in [2.05, 4.69) is 158 Å². The van der Waals surface area contributed by atoms with Crippen LogP contribution in [-0.4, -0.2) is 9.97 Å². The molecule has 4 nitrogen and oxygen atoms in total. The van der Waals surface area contributed by atoms with E-state index >= 15 is 0 Å². The van der Waals surface area contributed by atoms with E-state index in [1.54, 1.807) is 0 Å². The number of hydrogen-bond acceptors (Lipinski definition) is 4. The van der Waals surface area contributed by atoms with Crippen molar-refractivity contribution in [2.24, 2.45) is 0 Å². The Morgan fingerprint density at radius 1 is 0.276 bits per heavy atom. The van der Waals surface area contributed by atoms with E-state index < -0.39 is 0 Å². The minimum atomic E-state index is 0.817. The Labute approximate surface area is 333 Å². The van der Waals surface area contributed by atoms with Gasteiger partial charge < -0.3 is 8.83 Å². The molecule has 0 radical (unpaired) electrons. The highest BCUT2D eigenvalue weighted by Crippen LogP contribution is 2.43. The van der Waals surface area contributed by atoms with E-state index in [1.807, 2.05) is 36.7 Å². The monoisotopic (exact) mass is 740 g/mol. The smallest absolute Gasteiger partial charge is 0.143 e. The summed E-state index contributed by atoms with van der Waals surface area (Å²) in [7, 11) is 0. The largest absolute Gasteiger partial charge is 0.455 e. The third-order valence-electron chi connectivity index (χ3n) is 11.6. The van der Waals surface area contributed by atoms with Crippen molar-refractivity contribution in [3.8, 4) is 55.9 Å². The van der Waals surface area contributed by atoms with E-state index in [-0.39, 0.29) is 0 Å². The molecule has 0 atom stereocenters. The number of hydrogen-bond donors (Lipinski definition) is 0. The van der Waals surface area contributed by atoms with Gasteiger partial charge in [-0.2, -0.15) is 0 Å². The number of pyridine rings is 2. The maximum absolute atomic E-state index is 6.46. The Balaban J connectivity index is 0.941. The molecule has 0 fully saturated rings. The second-order valence-corrected chi connectivity index (χ2v) is 14.8. The van der Waals surface area contributed by atoms with Crippen LogP contribution in [0, 0.1) is 0 Å². The third-order valence-corrected chi connectivity index (χ3v) is 11.6. The van der Waals surface area contributed by atoms with Gasteiger partial charge >= 0.3 is 0 Å². The molecule has 58 heavy (non-hydrogen) atoms. The predicted octanol–water partition coefficient (Wildman–Crippen LogP) is 14.9. The van der Waals surface area contributed by atoms with Crippen molar-refractivity contribution < 1.29 is 8.83 Å². The highest BCUT2D eigenvalue weighted by Gasteiger charge is 2.18. The molecule has 0 saturated carbocycles. The number of aromatic nitrogens is 2. The van der Waals surface area contributed by atoms with E-state index in [0.29, 0.717) is 0 Å². The molecule has 4 heterocycles. The molecule has 270 valence electrons. The zero-order chi connectivity index (χ0) is 38.2. The van der Waals surface area contributed by atoms with Gasteiger partial charge in [-0.05, 0) is 91.3 Å². The molecule has 0 aliphatic carbocycles. The summed E-state index contributed by atoms with van der Waals surface area (Å²) in [5, 5.41) is 9.16. The minimum absolute atomic E-state index is 0.817. The molecule has 0 aliphatic heterocycles. The van der Waals surface area contributed by atoms with Crippen molar-refractivity contribution in [1.29, 1.82) is 0 Å². The summed E-state index contributed by atoms with van der Waals surface area (Å²) in [4.78, 5) is 9.70. The molecule has 12 aromatic rings. The van der Waals surface area contributed by atoms with Crippen LogP contribution in [0.5, 0.6) is 0 Å². The molecule has 0 amide bonds. The summed E-state index contributed by atoms with van der Waals surface area (Å²) in [6, 6.07) is 64.0. The Kier molecular flexibility index (Phi) is 7.20.